The van der Waals surface area contributed by atoms with Crippen molar-refractivity contribution in [1.29, 1.82) is 0 Å². The minimum absolute atomic E-state index is 0.146. The molecule has 118 valence electrons. The van der Waals surface area contributed by atoms with Crippen LogP contribution in [0.5, 0.6) is 0 Å². The summed E-state index contributed by atoms with van der Waals surface area (Å²) in [7, 11) is 1.92. The molecule has 1 fully saturated rings. The van der Waals surface area contributed by atoms with Gasteiger partial charge in [-0.3, -0.25) is 4.90 Å². The second kappa shape index (κ2) is 6.77. The summed E-state index contributed by atoms with van der Waals surface area (Å²) in [6.07, 6.45) is -4.46. The third-order valence-electron chi connectivity index (χ3n) is 3.75. The maximum Gasteiger partial charge on any atom is 0.416 e. The van der Waals surface area contributed by atoms with Crippen LogP contribution in [0.2, 0.25) is 0 Å². The van der Waals surface area contributed by atoms with Crippen LogP contribution in [0.4, 0.5) is 13.2 Å². The van der Waals surface area contributed by atoms with Gasteiger partial charge in [0.2, 0.25) is 0 Å². The zero-order valence-corrected chi connectivity index (χ0v) is 12.3. The molecule has 0 amide bonds. The van der Waals surface area contributed by atoms with Crippen molar-refractivity contribution in [3.05, 3.63) is 35.4 Å². The normalized spacial score (nSPS) is 24.2. The van der Waals surface area contributed by atoms with Crippen LogP contribution in [0.15, 0.2) is 24.3 Å². The summed E-state index contributed by atoms with van der Waals surface area (Å²) in [5.41, 5.74) is 0.0381. The first kappa shape index (κ1) is 16.3. The van der Waals surface area contributed by atoms with Crippen molar-refractivity contribution in [2.24, 2.45) is 0 Å². The molecule has 0 aromatic heterocycles. The van der Waals surface area contributed by atoms with E-state index in [1.807, 2.05) is 14.0 Å². The van der Waals surface area contributed by atoms with E-state index in [4.69, 9.17) is 4.74 Å². The fourth-order valence-corrected chi connectivity index (χ4v) is 2.69. The lowest BCUT2D eigenvalue weighted by atomic mass is 9.96. The molecular weight excluding hydrogens is 281 g/mol. The SMILES string of the molecule is CCNCC1OCCN(C)C1c1cccc(C(F)(F)F)c1. The van der Waals surface area contributed by atoms with E-state index < -0.39 is 11.7 Å². The van der Waals surface area contributed by atoms with Crippen LogP contribution in [0.25, 0.3) is 0 Å². The molecule has 1 aliphatic heterocycles. The number of hydrogen-bond donors (Lipinski definition) is 1. The lowest BCUT2D eigenvalue weighted by Crippen LogP contribution is -2.47. The minimum Gasteiger partial charge on any atom is -0.374 e. The summed E-state index contributed by atoms with van der Waals surface area (Å²) in [6, 6.07) is 5.37. The molecule has 0 aliphatic carbocycles. The Kier molecular flexibility index (Phi) is 5.24. The van der Waals surface area contributed by atoms with Crippen molar-refractivity contribution < 1.29 is 17.9 Å². The molecule has 2 rings (SSSR count). The maximum absolute atomic E-state index is 12.9. The highest BCUT2D eigenvalue weighted by Gasteiger charge is 2.34. The summed E-state index contributed by atoms with van der Waals surface area (Å²) in [4.78, 5) is 2.06. The van der Waals surface area contributed by atoms with Gasteiger partial charge in [-0.15, -0.1) is 0 Å². The summed E-state index contributed by atoms with van der Waals surface area (Å²) in [5, 5.41) is 3.21. The lowest BCUT2D eigenvalue weighted by molar-refractivity contribution is -0.137. The zero-order chi connectivity index (χ0) is 15.5. The number of hydrogen-bond acceptors (Lipinski definition) is 3. The standard InChI is InChI=1S/C15H21F3N2O/c1-3-19-10-13-14(20(2)7-8-21-13)11-5-4-6-12(9-11)15(16,17)18/h4-6,9,13-14,19H,3,7-8,10H2,1-2H3. The molecule has 2 atom stereocenters. The van der Waals surface area contributed by atoms with Crippen LogP contribution in [0.3, 0.4) is 0 Å². The van der Waals surface area contributed by atoms with E-state index in [1.165, 1.54) is 12.1 Å². The molecule has 1 saturated heterocycles. The average molecular weight is 302 g/mol. The molecule has 1 aliphatic rings. The van der Waals surface area contributed by atoms with Gasteiger partial charge in [-0.1, -0.05) is 19.1 Å². The molecular formula is C15H21F3N2O. The quantitative estimate of drug-likeness (QED) is 0.925. The number of benzene rings is 1. The van der Waals surface area contributed by atoms with Gasteiger partial charge in [-0.05, 0) is 31.3 Å². The van der Waals surface area contributed by atoms with Gasteiger partial charge in [0, 0.05) is 13.1 Å². The molecule has 3 nitrogen and oxygen atoms in total. The Hall–Kier alpha value is -1.11. The number of ether oxygens (including phenoxy) is 1. The smallest absolute Gasteiger partial charge is 0.374 e. The molecule has 2 unspecified atom stereocenters. The fourth-order valence-electron chi connectivity index (χ4n) is 2.69. The van der Waals surface area contributed by atoms with E-state index in [-0.39, 0.29) is 12.1 Å². The first-order valence-corrected chi connectivity index (χ1v) is 7.13. The van der Waals surface area contributed by atoms with Gasteiger partial charge in [0.1, 0.15) is 0 Å². The Balaban J connectivity index is 2.27. The number of rotatable bonds is 4. The Bertz CT molecular complexity index is 464. The van der Waals surface area contributed by atoms with Crippen LogP contribution in [0, 0.1) is 0 Å². The van der Waals surface area contributed by atoms with Crippen LogP contribution in [-0.4, -0.2) is 44.3 Å². The predicted octanol–water partition coefficient (Wildman–Crippen LogP) is 2.69. The molecule has 1 N–H and O–H groups in total. The highest BCUT2D eigenvalue weighted by atomic mass is 19.4. The molecule has 0 spiro atoms. The van der Waals surface area contributed by atoms with Crippen molar-refractivity contribution in [1.82, 2.24) is 10.2 Å². The van der Waals surface area contributed by atoms with E-state index in [0.29, 0.717) is 25.3 Å². The Morgan fingerprint density at radius 2 is 2.14 bits per heavy atom. The Morgan fingerprint density at radius 1 is 1.38 bits per heavy atom. The monoisotopic (exact) mass is 302 g/mol. The van der Waals surface area contributed by atoms with Gasteiger partial charge in [-0.25, -0.2) is 0 Å². The number of likely N-dealkylation sites (N-methyl/N-ethyl adjacent to an activating group) is 2. The van der Waals surface area contributed by atoms with Crippen molar-refractivity contribution in [2.45, 2.75) is 25.2 Å². The minimum atomic E-state index is -4.32. The van der Waals surface area contributed by atoms with Crippen LogP contribution in [0.1, 0.15) is 24.1 Å². The van der Waals surface area contributed by atoms with Gasteiger partial charge in [0.15, 0.2) is 0 Å². The van der Waals surface area contributed by atoms with Gasteiger partial charge in [0.25, 0.3) is 0 Å². The van der Waals surface area contributed by atoms with Gasteiger partial charge in [-0.2, -0.15) is 13.2 Å². The third kappa shape index (κ3) is 3.96. The first-order chi connectivity index (χ1) is 9.93. The molecule has 1 aromatic carbocycles. The average Bonchev–Trinajstić information content (AvgIpc) is 2.44. The van der Waals surface area contributed by atoms with Gasteiger partial charge < -0.3 is 10.1 Å². The van der Waals surface area contributed by atoms with Crippen molar-refractivity contribution in [2.75, 3.05) is 33.3 Å². The largest absolute Gasteiger partial charge is 0.416 e. The van der Waals surface area contributed by atoms with Gasteiger partial charge >= 0.3 is 6.18 Å². The molecule has 0 radical (unpaired) electrons. The summed E-state index contributed by atoms with van der Waals surface area (Å²) >= 11 is 0. The van der Waals surface area contributed by atoms with E-state index >= 15 is 0 Å². The first-order valence-electron chi connectivity index (χ1n) is 7.13. The third-order valence-corrected chi connectivity index (χ3v) is 3.75. The summed E-state index contributed by atoms with van der Waals surface area (Å²) in [5.74, 6) is 0. The highest BCUT2D eigenvalue weighted by molar-refractivity contribution is 5.29. The van der Waals surface area contributed by atoms with E-state index in [1.54, 1.807) is 6.07 Å². The van der Waals surface area contributed by atoms with E-state index in [2.05, 4.69) is 10.2 Å². The van der Waals surface area contributed by atoms with Crippen LogP contribution in [-0.2, 0) is 10.9 Å². The van der Waals surface area contributed by atoms with Gasteiger partial charge in [0.05, 0.1) is 24.3 Å². The highest BCUT2D eigenvalue weighted by Crippen LogP contribution is 2.34. The summed E-state index contributed by atoms with van der Waals surface area (Å²) in [6.45, 7) is 4.73. The lowest BCUT2D eigenvalue weighted by Gasteiger charge is -2.39. The van der Waals surface area contributed by atoms with Crippen molar-refractivity contribution in [3.63, 3.8) is 0 Å². The molecule has 1 aromatic rings. The van der Waals surface area contributed by atoms with Crippen molar-refractivity contribution in [3.8, 4) is 0 Å². The topological polar surface area (TPSA) is 24.5 Å². The van der Waals surface area contributed by atoms with E-state index in [0.717, 1.165) is 12.6 Å². The number of alkyl halides is 3. The zero-order valence-electron chi connectivity index (χ0n) is 12.3. The van der Waals surface area contributed by atoms with Crippen LogP contribution < -0.4 is 5.32 Å². The fraction of sp³-hybridized carbons (Fsp3) is 0.600. The maximum atomic E-state index is 12.9. The summed E-state index contributed by atoms with van der Waals surface area (Å²) < 4.78 is 44.4. The van der Waals surface area contributed by atoms with Crippen molar-refractivity contribution >= 4 is 0 Å². The number of nitrogens with zero attached hydrogens (tertiary/aromatic N) is 1. The van der Waals surface area contributed by atoms with Crippen LogP contribution >= 0.6 is 0 Å². The molecule has 21 heavy (non-hydrogen) atoms. The number of halogens is 3. The molecule has 0 bridgehead atoms. The number of nitrogens with one attached hydrogen (secondary N) is 1. The Labute approximate surface area is 123 Å². The second-order valence-electron chi connectivity index (χ2n) is 5.27. The van der Waals surface area contributed by atoms with E-state index in [9.17, 15) is 13.2 Å². The molecule has 6 heteroatoms. The molecule has 1 heterocycles. The number of morpholine rings is 1. The predicted molar refractivity (Wildman–Crippen MR) is 75.1 cm³/mol. The molecule has 0 saturated carbocycles. The second-order valence-corrected chi connectivity index (χ2v) is 5.27. The Morgan fingerprint density at radius 3 is 2.81 bits per heavy atom.